The molecule has 1 aliphatic heterocycles. The van der Waals surface area contributed by atoms with Gasteiger partial charge in [-0.25, -0.2) is 22.3 Å². The maximum Gasteiger partial charge on any atom is 0.351 e. The van der Waals surface area contributed by atoms with E-state index in [1.165, 1.54) is 7.11 Å². The van der Waals surface area contributed by atoms with Crippen molar-refractivity contribution in [3.8, 4) is 16.2 Å². The SMILES string of the molecule is COC(=O)c1sc(-c2cccc(NC3CCN(S(=O)(=O)Cc4ccccc4)CC3)c2)cc1OCC(=O)O. The number of ether oxygens (including phenoxy) is 2. The number of hydrogen-bond acceptors (Lipinski definition) is 8. The Kier molecular flexibility index (Phi) is 8.47. The number of sulfonamides is 1. The minimum absolute atomic E-state index is 0.000520. The van der Waals surface area contributed by atoms with Crippen molar-refractivity contribution >= 4 is 39.0 Å². The number of benzene rings is 2. The third kappa shape index (κ3) is 6.88. The van der Waals surface area contributed by atoms with Crippen LogP contribution in [-0.2, 0) is 25.3 Å². The van der Waals surface area contributed by atoms with Crippen LogP contribution in [-0.4, -0.2) is 62.6 Å². The Labute approximate surface area is 219 Å². The van der Waals surface area contributed by atoms with Crippen LogP contribution in [0, 0.1) is 0 Å². The fourth-order valence-corrected chi connectivity index (χ4v) is 6.73. The van der Waals surface area contributed by atoms with Crippen LogP contribution in [0.2, 0.25) is 0 Å². The van der Waals surface area contributed by atoms with E-state index in [0.29, 0.717) is 25.9 Å². The topological polar surface area (TPSA) is 122 Å². The van der Waals surface area contributed by atoms with E-state index < -0.39 is 28.6 Å². The third-order valence-electron chi connectivity index (χ3n) is 5.98. The molecule has 0 amide bonds. The van der Waals surface area contributed by atoms with E-state index in [4.69, 9.17) is 14.6 Å². The summed E-state index contributed by atoms with van der Waals surface area (Å²) in [7, 11) is -2.12. The lowest BCUT2D eigenvalue weighted by Crippen LogP contribution is -2.42. The summed E-state index contributed by atoms with van der Waals surface area (Å²) in [6.07, 6.45) is 1.35. The molecule has 2 N–H and O–H groups in total. The van der Waals surface area contributed by atoms with Crippen molar-refractivity contribution in [2.75, 3.05) is 32.1 Å². The van der Waals surface area contributed by atoms with Crippen LogP contribution in [0.1, 0.15) is 28.1 Å². The van der Waals surface area contributed by atoms with Crippen LogP contribution in [0.3, 0.4) is 0 Å². The van der Waals surface area contributed by atoms with Crippen LogP contribution >= 0.6 is 11.3 Å². The first kappa shape index (κ1) is 26.6. The lowest BCUT2D eigenvalue weighted by molar-refractivity contribution is -0.139. The van der Waals surface area contributed by atoms with Crippen molar-refractivity contribution in [3.05, 3.63) is 71.1 Å². The van der Waals surface area contributed by atoms with Crippen LogP contribution < -0.4 is 10.1 Å². The van der Waals surface area contributed by atoms with Gasteiger partial charge in [-0.3, -0.25) is 0 Å². The monoisotopic (exact) mass is 544 g/mol. The molecule has 2 aromatic carbocycles. The fraction of sp³-hybridized carbons (Fsp3) is 0.308. The summed E-state index contributed by atoms with van der Waals surface area (Å²) in [5.41, 5.74) is 2.47. The summed E-state index contributed by atoms with van der Waals surface area (Å²) in [6.45, 7) is 0.329. The molecule has 1 aromatic heterocycles. The first-order valence-corrected chi connectivity index (χ1v) is 14.1. The zero-order valence-electron chi connectivity index (χ0n) is 20.3. The second kappa shape index (κ2) is 11.8. The second-order valence-corrected chi connectivity index (χ2v) is 11.6. The molecule has 1 fully saturated rings. The van der Waals surface area contributed by atoms with Crippen molar-refractivity contribution in [2.24, 2.45) is 0 Å². The smallest absolute Gasteiger partial charge is 0.351 e. The normalized spacial score (nSPS) is 14.7. The summed E-state index contributed by atoms with van der Waals surface area (Å²) in [5, 5.41) is 12.4. The van der Waals surface area contributed by atoms with Crippen molar-refractivity contribution in [2.45, 2.75) is 24.6 Å². The Bertz CT molecular complexity index is 1350. The summed E-state index contributed by atoms with van der Waals surface area (Å²) in [5.74, 6) is -1.58. The average Bonchev–Trinajstić information content (AvgIpc) is 3.32. The summed E-state index contributed by atoms with van der Waals surface area (Å²) in [6, 6.07) is 18.6. The van der Waals surface area contributed by atoms with Gasteiger partial charge in [0.25, 0.3) is 0 Å². The van der Waals surface area contributed by atoms with Crippen LogP contribution in [0.4, 0.5) is 5.69 Å². The lowest BCUT2D eigenvalue weighted by Gasteiger charge is -2.32. The first-order valence-electron chi connectivity index (χ1n) is 11.7. The van der Waals surface area contributed by atoms with Gasteiger partial charge >= 0.3 is 11.9 Å². The van der Waals surface area contributed by atoms with E-state index in [1.807, 2.05) is 54.6 Å². The summed E-state index contributed by atoms with van der Waals surface area (Å²) >= 11 is 1.16. The molecule has 0 bridgehead atoms. The number of thiophene rings is 1. The van der Waals surface area contributed by atoms with Crippen LogP contribution in [0.15, 0.2) is 60.7 Å². The minimum Gasteiger partial charge on any atom is -0.480 e. The van der Waals surface area contributed by atoms with Gasteiger partial charge in [0, 0.05) is 29.7 Å². The number of rotatable bonds is 10. The molecule has 1 saturated heterocycles. The average molecular weight is 545 g/mol. The predicted molar refractivity (Wildman–Crippen MR) is 142 cm³/mol. The highest BCUT2D eigenvalue weighted by Crippen LogP contribution is 2.38. The van der Waals surface area contributed by atoms with Gasteiger partial charge in [-0.2, -0.15) is 0 Å². The molecule has 0 atom stereocenters. The Morgan fingerprint density at radius 2 is 1.81 bits per heavy atom. The number of carbonyl (C=O) groups is 2. The van der Waals surface area contributed by atoms with Gasteiger partial charge in [-0.1, -0.05) is 42.5 Å². The molecule has 0 aliphatic carbocycles. The van der Waals surface area contributed by atoms with Gasteiger partial charge in [0.15, 0.2) is 11.5 Å². The van der Waals surface area contributed by atoms with Gasteiger partial charge in [0.1, 0.15) is 5.75 Å². The molecule has 0 radical (unpaired) electrons. The number of methoxy groups -OCH3 is 1. The quantitative estimate of drug-likeness (QED) is 0.366. The van der Waals surface area contributed by atoms with Gasteiger partial charge in [-0.15, -0.1) is 11.3 Å². The van der Waals surface area contributed by atoms with Gasteiger partial charge < -0.3 is 19.9 Å². The van der Waals surface area contributed by atoms with Crippen molar-refractivity contribution in [1.29, 1.82) is 0 Å². The zero-order valence-corrected chi connectivity index (χ0v) is 21.9. The van der Waals surface area contributed by atoms with E-state index in [9.17, 15) is 18.0 Å². The van der Waals surface area contributed by atoms with Crippen molar-refractivity contribution in [1.82, 2.24) is 4.31 Å². The maximum atomic E-state index is 12.8. The standard InChI is InChI=1S/C26H28N2O7S2/c1-34-26(31)25-22(35-16-24(29)30)15-23(36-25)19-8-5-9-21(14-19)27-20-10-12-28(13-11-20)37(32,33)17-18-6-3-2-4-7-18/h2-9,14-15,20,27H,10-13,16-17H2,1H3,(H,29,30). The number of carbonyl (C=O) groups excluding carboxylic acids is 1. The van der Waals surface area contributed by atoms with E-state index in [1.54, 1.807) is 10.4 Å². The predicted octanol–water partition coefficient (Wildman–Crippen LogP) is 4.07. The van der Waals surface area contributed by atoms with E-state index in [0.717, 1.165) is 33.0 Å². The Balaban J connectivity index is 1.41. The molecular weight excluding hydrogens is 516 g/mol. The number of carboxylic acid groups (broad SMARTS) is 1. The third-order valence-corrected chi connectivity index (χ3v) is 8.97. The number of carboxylic acids is 1. The number of hydrogen-bond donors (Lipinski definition) is 2. The number of anilines is 1. The molecule has 0 unspecified atom stereocenters. The van der Waals surface area contributed by atoms with E-state index in [-0.39, 0.29) is 22.4 Å². The molecule has 0 saturated carbocycles. The summed E-state index contributed by atoms with van der Waals surface area (Å²) < 4.78 is 37.3. The molecule has 3 aromatic rings. The number of nitrogens with one attached hydrogen (secondary N) is 1. The summed E-state index contributed by atoms with van der Waals surface area (Å²) in [4.78, 5) is 24.0. The van der Waals surface area contributed by atoms with Gasteiger partial charge in [-0.05, 0) is 42.2 Å². The van der Waals surface area contributed by atoms with Crippen LogP contribution in [0.25, 0.3) is 10.4 Å². The van der Waals surface area contributed by atoms with Crippen molar-refractivity contribution < 1.29 is 32.6 Å². The first-order chi connectivity index (χ1) is 17.7. The molecule has 4 rings (SSSR count). The maximum absolute atomic E-state index is 12.8. The number of esters is 1. The number of aliphatic carboxylic acids is 1. The molecule has 37 heavy (non-hydrogen) atoms. The van der Waals surface area contributed by atoms with Crippen LogP contribution in [0.5, 0.6) is 5.75 Å². The highest BCUT2D eigenvalue weighted by atomic mass is 32.2. The van der Waals surface area contributed by atoms with Crippen molar-refractivity contribution in [3.63, 3.8) is 0 Å². The Morgan fingerprint density at radius 3 is 2.49 bits per heavy atom. The molecule has 2 heterocycles. The number of nitrogens with zero attached hydrogens (tertiary/aromatic N) is 1. The highest BCUT2D eigenvalue weighted by Gasteiger charge is 2.28. The Hall–Kier alpha value is -3.41. The molecule has 0 spiro atoms. The number of piperidine rings is 1. The Morgan fingerprint density at radius 1 is 1.08 bits per heavy atom. The largest absolute Gasteiger partial charge is 0.480 e. The minimum atomic E-state index is -3.38. The van der Waals surface area contributed by atoms with E-state index >= 15 is 0 Å². The highest BCUT2D eigenvalue weighted by molar-refractivity contribution is 7.88. The second-order valence-electron chi connectivity index (χ2n) is 8.62. The van der Waals surface area contributed by atoms with Gasteiger partial charge in [0.05, 0.1) is 12.9 Å². The van der Waals surface area contributed by atoms with Gasteiger partial charge in [0.2, 0.25) is 10.0 Å². The molecule has 11 heteroatoms. The molecule has 196 valence electrons. The lowest BCUT2D eigenvalue weighted by atomic mass is 10.1. The van der Waals surface area contributed by atoms with E-state index in [2.05, 4.69) is 5.32 Å². The fourth-order valence-electron chi connectivity index (χ4n) is 4.15. The zero-order chi connectivity index (χ0) is 26.4. The molecule has 9 nitrogen and oxygen atoms in total. The molecular formula is C26H28N2O7S2. The molecule has 1 aliphatic rings.